The average molecular weight is 776 g/mol. The summed E-state index contributed by atoms with van der Waals surface area (Å²) < 4.78 is 31.0. The smallest absolute Gasteiger partial charge is 0.264 e. The van der Waals surface area contributed by atoms with Gasteiger partial charge in [0.15, 0.2) is 0 Å². The summed E-state index contributed by atoms with van der Waals surface area (Å²) >= 11 is 3.52. The van der Waals surface area contributed by atoms with Crippen molar-refractivity contribution in [3.63, 3.8) is 0 Å². The van der Waals surface area contributed by atoms with E-state index < -0.39 is 10.0 Å². The average Bonchev–Trinajstić information content (AvgIpc) is 3.74. The van der Waals surface area contributed by atoms with Gasteiger partial charge in [-0.2, -0.15) is 0 Å². The van der Waals surface area contributed by atoms with Crippen LogP contribution >= 0.6 is 22.7 Å². The van der Waals surface area contributed by atoms with Gasteiger partial charge in [-0.3, -0.25) is 4.31 Å². The van der Waals surface area contributed by atoms with Gasteiger partial charge in [-0.05, 0) is 41.7 Å². The number of anilines is 1. The quantitative estimate of drug-likeness (QED) is 0.0807. The van der Waals surface area contributed by atoms with Crippen LogP contribution in [-0.2, 0) is 20.9 Å². The lowest BCUT2D eigenvalue weighted by atomic mass is 9.93. The Morgan fingerprint density at radius 1 is 0.519 bits per heavy atom. The number of sulfonamides is 1. The van der Waals surface area contributed by atoms with E-state index in [1.165, 1.54) is 164 Å². The molecule has 2 aromatic rings. The second kappa shape index (κ2) is 23.3. The van der Waals surface area contributed by atoms with Crippen molar-refractivity contribution in [2.75, 3.05) is 10.8 Å². The summed E-state index contributed by atoms with van der Waals surface area (Å²) in [6, 6.07) is 4.23. The van der Waals surface area contributed by atoms with Crippen molar-refractivity contribution < 1.29 is 8.42 Å². The Labute approximate surface area is 331 Å². The number of nitrogens with zero attached hydrogens (tertiary/aromatic N) is 1. The zero-order valence-electron chi connectivity index (χ0n) is 35.3. The summed E-state index contributed by atoms with van der Waals surface area (Å²) in [4.78, 5) is 5.12. The van der Waals surface area contributed by atoms with E-state index in [1.54, 1.807) is 11.3 Å². The van der Waals surface area contributed by atoms with Gasteiger partial charge in [-0.15, -0.1) is 22.7 Å². The first-order valence-electron chi connectivity index (χ1n) is 22.1. The Kier molecular flexibility index (Phi) is 20.4. The summed E-state index contributed by atoms with van der Waals surface area (Å²) in [5, 5.41) is 0. The first-order valence-corrected chi connectivity index (χ1v) is 25.2. The van der Waals surface area contributed by atoms with Crippen molar-refractivity contribution in [3.05, 3.63) is 21.9 Å². The standard InChI is InChI=1S/C46H81NO2S3/c1-9-11-13-15-17-19-21-23-25-27-29-31-33-38(34-32-30-28-26-24-22-20-18-16-14-12-10-2)37-47-39-35-41(45(3,4)5)50-43(39)44-40(52(47,48)49)36-42(51-44)46(6,7)8/h35-36,38H,9-34,37H2,1-8H3. The molecule has 52 heavy (non-hydrogen) atoms. The molecule has 0 bridgehead atoms. The third-order valence-corrected chi connectivity index (χ3v) is 16.5. The van der Waals surface area contributed by atoms with Crippen LogP contribution in [0.5, 0.6) is 0 Å². The van der Waals surface area contributed by atoms with Crippen LogP contribution < -0.4 is 4.31 Å². The molecule has 6 heteroatoms. The summed E-state index contributed by atoms with van der Waals surface area (Å²) in [5.74, 6) is 0.397. The number of hydrogen-bond donors (Lipinski definition) is 0. The predicted molar refractivity (Wildman–Crippen MR) is 234 cm³/mol. The van der Waals surface area contributed by atoms with Gasteiger partial charge in [-0.1, -0.05) is 209 Å². The summed E-state index contributed by atoms with van der Waals surface area (Å²) in [6.45, 7) is 18.6. The van der Waals surface area contributed by atoms with Crippen LogP contribution in [0.3, 0.4) is 0 Å². The van der Waals surface area contributed by atoms with Crippen molar-refractivity contribution in [3.8, 4) is 9.75 Å². The largest absolute Gasteiger partial charge is 0.265 e. The molecule has 1 aliphatic heterocycles. The predicted octanol–water partition coefficient (Wildman–Crippen LogP) is 16.4. The number of fused-ring (bicyclic) bond motifs is 3. The zero-order valence-corrected chi connectivity index (χ0v) is 37.8. The second-order valence-electron chi connectivity index (χ2n) is 18.4. The number of unbranched alkanes of at least 4 members (excludes halogenated alkanes) is 22. The Hall–Kier alpha value is -0.850. The summed E-state index contributed by atoms with van der Waals surface area (Å²) in [7, 11) is -3.62. The monoisotopic (exact) mass is 776 g/mol. The summed E-state index contributed by atoms with van der Waals surface area (Å²) in [6.07, 6.45) is 34.8. The zero-order chi connectivity index (χ0) is 38.0. The molecule has 2 aromatic heterocycles. The SMILES string of the molecule is CCCCCCCCCCCCCCC(CCCCCCCCCCCCCC)CN1c2cc(C(C)(C)C)sc2-c2sc(C(C)(C)C)cc2S1(=O)=O. The highest BCUT2D eigenvalue weighted by Gasteiger charge is 2.41. The van der Waals surface area contributed by atoms with Crippen molar-refractivity contribution >= 4 is 38.4 Å². The molecule has 0 fully saturated rings. The molecule has 0 saturated carbocycles. The van der Waals surface area contributed by atoms with Crippen LogP contribution in [0.4, 0.5) is 5.69 Å². The minimum atomic E-state index is -3.62. The maximum absolute atomic E-state index is 14.6. The van der Waals surface area contributed by atoms with Crippen molar-refractivity contribution in [1.29, 1.82) is 0 Å². The Bertz CT molecular complexity index is 1330. The van der Waals surface area contributed by atoms with Gasteiger partial charge in [0.25, 0.3) is 10.0 Å². The third-order valence-electron chi connectivity index (χ3n) is 11.3. The molecule has 1 aliphatic rings. The molecule has 0 unspecified atom stereocenters. The minimum Gasteiger partial charge on any atom is -0.264 e. The van der Waals surface area contributed by atoms with E-state index in [2.05, 4.69) is 61.5 Å². The van der Waals surface area contributed by atoms with Crippen LogP contribution in [0, 0.1) is 5.92 Å². The lowest BCUT2D eigenvalue weighted by Gasteiger charge is -2.32. The van der Waals surface area contributed by atoms with E-state index in [0.29, 0.717) is 17.4 Å². The molecular weight excluding hydrogens is 695 g/mol. The van der Waals surface area contributed by atoms with Crippen molar-refractivity contribution in [2.24, 2.45) is 5.92 Å². The highest BCUT2D eigenvalue weighted by Crippen LogP contribution is 2.54. The molecule has 0 N–H and O–H groups in total. The minimum absolute atomic E-state index is 0.0226. The molecule has 0 amide bonds. The molecule has 0 aliphatic carbocycles. The van der Waals surface area contributed by atoms with Crippen molar-refractivity contribution in [1.82, 2.24) is 0 Å². The molecule has 0 aromatic carbocycles. The topological polar surface area (TPSA) is 37.4 Å². The lowest BCUT2D eigenvalue weighted by Crippen LogP contribution is -2.37. The van der Waals surface area contributed by atoms with Gasteiger partial charge in [0.1, 0.15) is 4.90 Å². The van der Waals surface area contributed by atoms with Crippen LogP contribution in [0.15, 0.2) is 17.0 Å². The van der Waals surface area contributed by atoms with Crippen LogP contribution in [-0.4, -0.2) is 15.0 Å². The van der Waals surface area contributed by atoms with E-state index in [4.69, 9.17) is 0 Å². The fraction of sp³-hybridized carbons (Fsp3) is 0.826. The third kappa shape index (κ3) is 15.0. The maximum Gasteiger partial charge on any atom is 0.265 e. The van der Waals surface area contributed by atoms with Gasteiger partial charge in [0.2, 0.25) is 0 Å². The van der Waals surface area contributed by atoms with Gasteiger partial charge in [-0.25, -0.2) is 8.42 Å². The first-order chi connectivity index (χ1) is 24.8. The molecule has 300 valence electrons. The van der Waals surface area contributed by atoms with Gasteiger partial charge >= 0.3 is 0 Å². The maximum atomic E-state index is 14.6. The van der Waals surface area contributed by atoms with Crippen LogP contribution in [0.25, 0.3) is 9.75 Å². The molecule has 3 rings (SSSR count). The number of hydrogen-bond acceptors (Lipinski definition) is 4. The molecule has 0 atom stereocenters. The first kappa shape index (κ1) is 45.5. The highest BCUT2D eigenvalue weighted by atomic mass is 32.2. The Morgan fingerprint density at radius 2 is 0.865 bits per heavy atom. The van der Waals surface area contributed by atoms with E-state index in [0.717, 1.165) is 28.3 Å². The Balaban J connectivity index is 1.63. The van der Waals surface area contributed by atoms with Gasteiger partial charge < -0.3 is 0 Å². The van der Waals surface area contributed by atoms with Crippen LogP contribution in [0.1, 0.15) is 232 Å². The van der Waals surface area contributed by atoms with Gasteiger partial charge in [0.05, 0.1) is 15.4 Å². The van der Waals surface area contributed by atoms with E-state index >= 15 is 0 Å². The number of thiophene rings is 2. The molecule has 0 radical (unpaired) electrons. The normalized spacial score (nSPS) is 14.4. The fourth-order valence-electron chi connectivity index (χ4n) is 7.75. The van der Waals surface area contributed by atoms with E-state index in [9.17, 15) is 8.42 Å². The number of rotatable bonds is 28. The molecule has 0 saturated heterocycles. The van der Waals surface area contributed by atoms with E-state index in [1.807, 2.05) is 21.7 Å². The van der Waals surface area contributed by atoms with Crippen LogP contribution in [0.2, 0.25) is 0 Å². The van der Waals surface area contributed by atoms with Crippen molar-refractivity contribution in [2.45, 2.75) is 238 Å². The van der Waals surface area contributed by atoms with E-state index in [-0.39, 0.29) is 10.8 Å². The fourth-order valence-corrected chi connectivity index (χ4v) is 12.5. The molecule has 3 nitrogen and oxygen atoms in total. The Morgan fingerprint density at radius 3 is 1.25 bits per heavy atom. The summed E-state index contributed by atoms with van der Waals surface area (Å²) in [5.41, 5.74) is 0.836. The molecule has 0 spiro atoms. The molecular formula is C46H81NO2S3. The lowest BCUT2D eigenvalue weighted by molar-refractivity contribution is 0.408. The molecule has 3 heterocycles. The highest BCUT2D eigenvalue weighted by molar-refractivity contribution is 7.93. The van der Waals surface area contributed by atoms with Gasteiger partial charge in [0, 0.05) is 16.3 Å². The second-order valence-corrected chi connectivity index (χ2v) is 22.3.